The van der Waals surface area contributed by atoms with Gasteiger partial charge in [0.15, 0.2) is 6.23 Å². The van der Waals surface area contributed by atoms with Crippen LogP contribution in [0.15, 0.2) is 36.5 Å². The van der Waals surface area contributed by atoms with E-state index < -0.39 is 53.2 Å². The molecule has 1 fully saturated rings. The number of amides is 4. The van der Waals surface area contributed by atoms with E-state index in [9.17, 15) is 32.3 Å². The number of nitrogens with one attached hydrogen (secondary N) is 4. The van der Waals surface area contributed by atoms with Gasteiger partial charge in [-0.3, -0.25) is 19.6 Å². The first-order chi connectivity index (χ1) is 18.3. The quantitative estimate of drug-likeness (QED) is 0.337. The molecule has 14 heteroatoms. The number of ether oxygens (including phenoxy) is 1. The number of carbonyl (C=O) groups excluding carboxylic acids is 4. The molecule has 0 radical (unpaired) electrons. The Balaban J connectivity index is 1.65. The molecule has 0 aliphatic carbocycles. The van der Waals surface area contributed by atoms with Gasteiger partial charge in [0.2, 0.25) is 5.78 Å². The number of benzene rings is 1. The van der Waals surface area contributed by atoms with Gasteiger partial charge in [0.25, 0.3) is 5.91 Å². The van der Waals surface area contributed by atoms with Gasteiger partial charge in [-0.25, -0.2) is 9.59 Å². The van der Waals surface area contributed by atoms with E-state index >= 15 is 0 Å². The number of carbonyl (C=O) groups is 4. The van der Waals surface area contributed by atoms with Crippen molar-refractivity contribution in [1.82, 2.24) is 20.4 Å². The number of urea groups is 1. The summed E-state index contributed by atoms with van der Waals surface area (Å²) >= 11 is 0. The Labute approximate surface area is 222 Å². The second-order valence-corrected chi connectivity index (χ2v) is 9.99. The van der Waals surface area contributed by atoms with E-state index in [1.807, 2.05) is 20.8 Å². The number of aromatic nitrogens is 2. The van der Waals surface area contributed by atoms with E-state index in [2.05, 4.69) is 26.1 Å². The number of nitrogens with zero attached hydrogens (tertiary/aromatic N) is 2. The third-order valence-electron chi connectivity index (χ3n) is 6.07. The third-order valence-corrected chi connectivity index (χ3v) is 6.07. The summed E-state index contributed by atoms with van der Waals surface area (Å²) < 4.78 is 44.0. The molecule has 4 N–H and O–H groups in total. The highest BCUT2D eigenvalue weighted by Crippen LogP contribution is 2.35. The highest BCUT2D eigenvalue weighted by molar-refractivity contribution is 6.42. The summed E-state index contributed by atoms with van der Waals surface area (Å²) in [7, 11) is 0. The predicted octanol–water partition coefficient (Wildman–Crippen LogP) is 4.51. The summed E-state index contributed by atoms with van der Waals surface area (Å²) in [5.41, 5.74) is -1.16. The lowest BCUT2D eigenvalue weighted by Gasteiger charge is -2.26. The minimum absolute atomic E-state index is 0.134. The maximum absolute atomic E-state index is 13.0. The van der Waals surface area contributed by atoms with E-state index in [0.29, 0.717) is 12.8 Å². The monoisotopic (exact) mass is 552 g/mol. The maximum Gasteiger partial charge on any atom is 0.416 e. The van der Waals surface area contributed by atoms with E-state index in [-0.39, 0.29) is 30.9 Å². The number of aromatic amines is 1. The zero-order chi connectivity index (χ0) is 28.8. The average molecular weight is 553 g/mol. The van der Waals surface area contributed by atoms with Gasteiger partial charge < -0.3 is 20.7 Å². The van der Waals surface area contributed by atoms with Crippen molar-refractivity contribution < 1.29 is 37.1 Å². The zero-order valence-corrected chi connectivity index (χ0v) is 21.7. The fourth-order valence-corrected chi connectivity index (χ4v) is 4.10. The number of H-pyrrole nitrogens is 1. The molecule has 1 aliphatic heterocycles. The van der Waals surface area contributed by atoms with Crippen LogP contribution in [0.3, 0.4) is 0 Å². The molecule has 1 aliphatic rings. The standard InChI is InChI=1S/C25H31F3N6O5/c1-4-5-6-17(20(35)21(36)32-18-11-12-29-33-18)31-23(38)39-19-13-24(2,3)14-34(19)22(37)30-16-9-7-15(8-10-16)25(26,27)28/h7-12,17,19H,4-6,13-14H2,1-3H3,(H,30,37)(H,31,38)(H2,29,32,33,36)/t17-,19?/m0/s1. The molecule has 3 rings (SSSR count). The SMILES string of the molecule is CCCC[C@H](NC(=O)OC1CC(C)(C)CN1C(=O)Nc1ccc(C(F)(F)F)cc1)C(=O)C(=O)Nc1ccn[nH]1. The van der Waals surface area contributed by atoms with Crippen LogP contribution in [0.1, 0.15) is 52.0 Å². The number of ketones is 1. The molecule has 0 saturated carbocycles. The second kappa shape index (κ2) is 12.2. The van der Waals surface area contributed by atoms with E-state index in [1.54, 1.807) is 0 Å². The van der Waals surface area contributed by atoms with Gasteiger partial charge in [0.1, 0.15) is 11.9 Å². The molecule has 2 heterocycles. The minimum Gasteiger partial charge on any atom is -0.425 e. The fraction of sp³-hybridized carbons (Fsp3) is 0.480. The van der Waals surface area contributed by atoms with Gasteiger partial charge in [-0.1, -0.05) is 33.6 Å². The molecule has 212 valence electrons. The van der Waals surface area contributed by atoms with Crippen LogP contribution in [0.5, 0.6) is 0 Å². The summed E-state index contributed by atoms with van der Waals surface area (Å²) in [5, 5.41) is 13.5. The van der Waals surface area contributed by atoms with Crippen LogP contribution in [0.2, 0.25) is 0 Å². The van der Waals surface area contributed by atoms with E-state index in [0.717, 1.165) is 24.3 Å². The highest BCUT2D eigenvalue weighted by Gasteiger charge is 2.43. The fourth-order valence-electron chi connectivity index (χ4n) is 4.10. The molecule has 1 saturated heterocycles. The van der Waals surface area contributed by atoms with Gasteiger partial charge in [-0.15, -0.1) is 0 Å². The number of alkyl carbamates (subject to hydrolysis) is 1. The number of likely N-dealkylation sites (tertiary alicyclic amines) is 1. The smallest absolute Gasteiger partial charge is 0.416 e. The first-order valence-corrected chi connectivity index (χ1v) is 12.4. The molecule has 0 spiro atoms. The Bertz CT molecular complexity index is 1170. The van der Waals surface area contributed by atoms with Crippen LogP contribution in [0, 0.1) is 5.41 Å². The van der Waals surface area contributed by atoms with Crippen LogP contribution >= 0.6 is 0 Å². The first kappa shape index (κ1) is 29.5. The summed E-state index contributed by atoms with van der Waals surface area (Å²) in [6.07, 6.45) is -3.41. The van der Waals surface area contributed by atoms with Crippen molar-refractivity contribution in [2.24, 2.45) is 5.41 Å². The molecule has 2 aromatic rings. The zero-order valence-electron chi connectivity index (χ0n) is 21.7. The van der Waals surface area contributed by atoms with E-state index in [4.69, 9.17) is 4.74 Å². The molecule has 1 unspecified atom stereocenters. The lowest BCUT2D eigenvalue weighted by Crippen LogP contribution is -2.48. The van der Waals surface area contributed by atoms with Crippen LogP contribution in [-0.2, 0) is 20.5 Å². The summed E-state index contributed by atoms with van der Waals surface area (Å²) in [6, 6.07) is 3.58. The molecule has 1 aromatic heterocycles. The lowest BCUT2D eigenvalue weighted by atomic mass is 9.93. The van der Waals surface area contributed by atoms with Gasteiger partial charge in [0, 0.05) is 24.7 Å². The van der Waals surface area contributed by atoms with Crippen molar-refractivity contribution in [3.05, 3.63) is 42.1 Å². The number of halogens is 3. The Morgan fingerprint density at radius 3 is 2.44 bits per heavy atom. The number of alkyl halides is 3. The topological polar surface area (TPSA) is 146 Å². The van der Waals surface area contributed by atoms with Gasteiger partial charge in [0.05, 0.1) is 11.8 Å². The molecular formula is C25H31F3N6O5. The summed E-state index contributed by atoms with van der Waals surface area (Å²) in [5.74, 6) is -1.60. The van der Waals surface area contributed by atoms with Gasteiger partial charge >= 0.3 is 18.3 Å². The summed E-state index contributed by atoms with van der Waals surface area (Å²) in [6.45, 7) is 5.81. The van der Waals surface area contributed by atoms with Crippen molar-refractivity contribution in [2.75, 3.05) is 17.2 Å². The number of Topliss-reactive ketones (excluding diaryl/α,β-unsaturated/α-hetero) is 1. The van der Waals surface area contributed by atoms with Crippen molar-refractivity contribution in [2.45, 2.75) is 64.9 Å². The number of anilines is 2. The Morgan fingerprint density at radius 1 is 1.15 bits per heavy atom. The van der Waals surface area contributed by atoms with Crippen molar-refractivity contribution in [3.63, 3.8) is 0 Å². The Hall–Kier alpha value is -4.10. The van der Waals surface area contributed by atoms with Gasteiger partial charge in [-0.05, 0) is 36.1 Å². The Morgan fingerprint density at radius 2 is 1.85 bits per heavy atom. The number of unbranched alkanes of at least 4 members (excludes halogenated alkanes) is 1. The molecule has 1 aromatic carbocycles. The molecule has 39 heavy (non-hydrogen) atoms. The lowest BCUT2D eigenvalue weighted by molar-refractivity contribution is -0.137. The van der Waals surface area contributed by atoms with Gasteiger partial charge in [-0.2, -0.15) is 18.3 Å². The van der Waals surface area contributed by atoms with Crippen LogP contribution < -0.4 is 16.0 Å². The Kier molecular flexibility index (Phi) is 9.20. The van der Waals surface area contributed by atoms with Crippen molar-refractivity contribution in [1.29, 1.82) is 0 Å². The molecule has 11 nitrogen and oxygen atoms in total. The number of hydrogen-bond acceptors (Lipinski definition) is 6. The third kappa shape index (κ3) is 8.19. The number of hydrogen-bond donors (Lipinski definition) is 4. The average Bonchev–Trinajstić information content (AvgIpc) is 3.47. The van der Waals surface area contributed by atoms with Crippen LogP contribution in [0.25, 0.3) is 0 Å². The molecule has 2 atom stereocenters. The first-order valence-electron chi connectivity index (χ1n) is 12.4. The summed E-state index contributed by atoms with van der Waals surface area (Å²) in [4.78, 5) is 52.1. The largest absolute Gasteiger partial charge is 0.425 e. The minimum atomic E-state index is -4.51. The number of rotatable bonds is 9. The van der Waals surface area contributed by atoms with E-state index in [1.165, 1.54) is 17.2 Å². The second-order valence-electron chi connectivity index (χ2n) is 9.99. The van der Waals surface area contributed by atoms with Crippen molar-refractivity contribution in [3.8, 4) is 0 Å². The normalized spacial score (nSPS) is 17.3. The molecular weight excluding hydrogens is 521 g/mol. The molecule has 0 bridgehead atoms. The highest BCUT2D eigenvalue weighted by atomic mass is 19.4. The van der Waals surface area contributed by atoms with Crippen molar-refractivity contribution >= 4 is 35.3 Å². The maximum atomic E-state index is 13.0. The van der Waals surface area contributed by atoms with Crippen LogP contribution in [-0.4, -0.2) is 57.7 Å². The van der Waals surface area contributed by atoms with Crippen LogP contribution in [0.4, 0.5) is 34.3 Å². The predicted molar refractivity (Wildman–Crippen MR) is 135 cm³/mol. The molecule has 4 amide bonds.